The van der Waals surface area contributed by atoms with E-state index in [0.717, 1.165) is 11.8 Å². The molecule has 0 radical (unpaired) electrons. The van der Waals surface area contributed by atoms with Crippen LogP contribution in [0.15, 0.2) is 30.5 Å². The molecule has 2 saturated heterocycles. The fourth-order valence-electron chi connectivity index (χ4n) is 4.82. The quantitative estimate of drug-likeness (QED) is 0.778. The molecule has 10 heteroatoms. The first-order valence-electron chi connectivity index (χ1n) is 10.4. The summed E-state index contributed by atoms with van der Waals surface area (Å²) in [5.41, 5.74) is -0.620. The number of carbonyl (C=O) groups excluding carboxylic acids is 1. The monoisotopic (exact) mass is 447 g/mol. The number of likely N-dealkylation sites (tertiary alicyclic amines) is 1. The van der Waals surface area contributed by atoms with Gasteiger partial charge in [0.25, 0.3) is 0 Å². The van der Waals surface area contributed by atoms with Gasteiger partial charge in [-0.1, -0.05) is 0 Å². The molecular weight excluding hydrogens is 423 g/mol. The van der Waals surface area contributed by atoms with Crippen LogP contribution in [0, 0.1) is 29.6 Å². The van der Waals surface area contributed by atoms with E-state index >= 15 is 0 Å². The van der Waals surface area contributed by atoms with Gasteiger partial charge in [-0.3, -0.25) is 9.48 Å². The summed E-state index contributed by atoms with van der Waals surface area (Å²) >= 11 is 0. The number of aliphatic hydroxyl groups is 1. The highest BCUT2D eigenvalue weighted by atomic mass is 19.4. The summed E-state index contributed by atoms with van der Waals surface area (Å²) in [6, 6.07) is 7.16. The number of nitriles is 1. The molecule has 0 aliphatic carbocycles. The second-order valence-electron chi connectivity index (χ2n) is 8.68. The third-order valence-electron chi connectivity index (χ3n) is 6.67. The van der Waals surface area contributed by atoms with E-state index in [-0.39, 0.29) is 25.0 Å². The lowest BCUT2D eigenvalue weighted by Crippen LogP contribution is -2.49. The van der Waals surface area contributed by atoms with E-state index in [1.54, 1.807) is 21.8 Å². The van der Waals surface area contributed by atoms with Crippen LogP contribution in [0.3, 0.4) is 0 Å². The van der Waals surface area contributed by atoms with Crippen molar-refractivity contribution in [3.05, 3.63) is 47.3 Å². The van der Waals surface area contributed by atoms with Gasteiger partial charge in [0.15, 0.2) is 0 Å². The Balaban J connectivity index is 1.51. The Hall–Kier alpha value is -3.06. The average Bonchev–Trinajstić information content (AvgIpc) is 3.35. The standard InChI is InChI=1S/C22H24F3N5O2/c1-15-4-6-30(27-15)12-20(32)29-11-17-10-28(7-5-21(17,13-29)14-31)18-3-2-16(9-26)19(8-18)22(23,24)25/h2-4,6,8,17,31H,5,7,10-14H2,1H3/t17-,21+/m1/s1. The van der Waals surface area contributed by atoms with Crippen LogP contribution in [0.4, 0.5) is 18.9 Å². The molecule has 2 fully saturated rings. The highest BCUT2D eigenvalue weighted by Crippen LogP contribution is 2.44. The number of carbonyl (C=O) groups is 1. The number of rotatable bonds is 4. The van der Waals surface area contributed by atoms with Crippen LogP contribution in [-0.2, 0) is 17.5 Å². The second-order valence-corrected chi connectivity index (χ2v) is 8.68. The Morgan fingerprint density at radius 1 is 1.34 bits per heavy atom. The molecule has 4 rings (SSSR count). The number of hydrogen-bond donors (Lipinski definition) is 1. The molecule has 2 aliphatic rings. The molecule has 2 atom stereocenters. The minimum absolute atomic E-state index is 0.0745. The van der Waals surface area contributed by atoms with Gasteiger partial charge >= 0.3 is 6.18 Å². The zero-order valence-electron chi connectivity index (χ0n) is 17.6. The van der Waals surface area contributed by atoms with Gasteiger partial charge in [-0.25, -0.2) is 0 Å². The molecule has 1 N–H and O–H groups in total. The maximum absolute atomic E-state index is 13.4. The van der Waals surface area contributed by atoms with Crippen molar-refractivity contribution in [2.75, 3.05) is 37.7 Å². The van der Waals surface area contributed by atoms with Gasteiger partial charge in [-0.15, -0.1) is 0 Å². The fraction of sp³-hybridized carbons (Fsp3) is 0.500. The lowest BCUT2D eigenvalue weighted by atomic mass is 9.73. The van der Waals surface area contributed by atoms with Crippen LogP contribution in [0.1, 0.15) is 23.2 Å². The van der Waals surface area contributed by atoms with Crippen LogP contribution in [-0.4, -0.2) is 58.5 Å². The van der Waals surface area contributed by atoms with Crippen LogP contribution >= 0.6 is 0 Å². The molecule has 170 valence electrons. The number of anilines is 1. The average molecular weight is 447 g/mol. The van der Waals surface area contributed by atoms with Crippen molar-refractivity contribution in [2.45, 2.75) is 26.1 Å². The Kier molecular flexibility index (Phi) is 5.63. The Morgan fingerprint density at radius 3 is 2.75 bits per heavy atom. The largest absolute Gasteiger partial charge is 0.417 e. The first-order valence-corrected chi connectivity index (χ1v) is 10.4. The maximum atomic E-state index is 13.4. The number of hydrogen-bond acceptors (Lipinski definition) is 5. The summed E-state index contributed by atoms with van der Waals surface area (Å²) in [6.45, 7) is 3.59. The molecule has 0 unspecified atom stereocenters. The van der Waals surface area contributed by atoms with E-state index in [2.05, 4.69) is 5.10 Å². The van der Waals surface area contributed by atoms with E-state index in [1.807, 2.05) is 17.9 Å². The summed E-state index contributed by atoms with van der Waals surface area (Å²) in [7, 11) is 0. The minimum atomic E-state index is -4.62. The highest BCUT2D eigenvalue weighted by molar-refractivity contribution is 5.76. The molecule has 1 amide bonds. The first-order chi connectivity index (χ1) is 15.1. The van der Waals surface area contributed by atoms with Gasteiger partial charge in [0.1, 0.15) is 6.54 Å². The van der Waals surface area contributed by atoms with E-state index in [9.17, 15) is 23.1 Å². The number of nitrogens with zero attached hydrogens (tertiary/aromatic N) is 5. The molecule has 0 saturated carbocycles. The van der Waals surface area contributed by atoms with Crippen molar-refractivity contribution in [2.24, 2.45) is 11.3 Å². The molecule has 2 aliphatic heterocycles. The van der Waals surface area contributed by atoms with E-state index in [1.165, 1.54) is 12.1 Å². The molecule has 1 aromatic carbocycles. The predicted octanol–water partition coefficient (Wildman–Crippen LogP) is 2.43. The summed E-state index contributed by atoms with van der Waals surface area (Å²) in [5.74, 6) is -0.172. The maximum Gasteiger partial charge on any atom is 0.417 e. The minimum Gasteiger partial charge on any atom is -0.396 e. The van der Waals surface area contributed by atoms with Gasteiger partial charge < -0.3 is 14.9 Å². The zero-order chi connectivity index (χ0) is 23.1. The lowest BCUT2D eigenvalue weighted by Gasteiger charge is -2.43. The summed E-state index contributed by atoms with van der Waals surface area (Å²) < 4.78 is 41.7. The van der Waals surface area contributed by atoms with E-state index in [0.29, 0.717) is 38.3 Å². The van der Waals surface area contributed by atoms with Crippen molar-refractivity contribution in [1.29, 1.82) is 5.26 Å². The number of aliphatic hydroxyl groups excluding tert-OH is 1. The van der Waals surface area contributed by atoms with E-state index < -0.39 is 22.7 Å². The molecule has 0 spiro atoms. The third kappa shape index (κ3) is 4.05. The number of benzene rings is 1. The van der Waals surface area contributed by atoms with Gasteiger partial charge in [0.2, 0.25) is 5.91 Å². The number of fused-ring (bicyclic) bond motifs is 1. The van der Waals surface area contributed by atoms with Crippen molar-refractivity contribution in [1.82, 2.24) is 14.7 Å². The lowest BCUT2D eigenvalue weighted by molar-refractivity contribution is -0.137. The van der Waals surface area contributed by atoms with Gasteiger partial charge in [-0.05, 0) is 37.6 Å². The second kappa shape index (κ2) is 8.13. The first kappa shape index (κ1) is 22.1. The molecule has 0 bridgehead atoms. The number of aryl methyl sites for hydroxylation is 1. The number of piperidine rings is 1. The summed E-state index contributed by atoms with van der Waals surface area (Å²) in [6.07, 6.45) is -2.32. The fourth-order valence-corrected chi connectivity index (χ4v) is 4.82. The Bertz CT molecular complexity index is 1060. The van der Waals surface area contributed by atoms with E-state index in [4.69, 9.17) is 5.26 Å². The van der Waals surface area contributed by atoms with Crippen molar-refractivity contribution in [3.8, 4) is 6.07 Å². The molecule has 32 heavy (non-hydrogen) atoms. The summed E-state index contributed by atoms with van der Waals surface area (Å²) in [4.78, 5) is 16.4. The Labute approximate surface area is 183 Å². The predicted molar refractivity (Wildman–Crippen MR) is 110 cm³/mol. The topological polar surface area (TPSA) is 85.4 Å². The number of aromatic nitrogens is 2. The zero-order valence-corrected chi connectivity index (χ0v) is 17.6. The van der Waals surface area contributed by atoms with Gasteiger partial charge in [-0.2, -0.15) is 23.5 Å². The molecule has 3 heterocycles. The van der Waals surface area contributed by atoms with Crippen molar-refractivity contribution >= 4 is 11.6 Å². The van der Waals surface area contributed by atoms with Crippen LogP contribution in [0.25, 0.3) is 0 Å². The third-order valence-corrected chi connectivity index (χ3v) is 6.67. The number of amides is 1. The van der Waals surface area contributed by atoms with Crippen LogP contribution < -0.4 is 4.90 Å². The Morgan fingerprint density at radius 2 is 2.12 bits per heavy atom. The molecule has 7 nitrogen and oxygen atoms in total. The van der Waals surface area contributed by atoms with Gasteiger partial charge in [0, 0.05) is 49.4 Å². The van der Waals surface area contributed by atoms with Crippen molar-refractivity contribution < 1.29 is 23.1 Å². The van der Waals surface area contributed by atoms with Gasteiger partial charge in [0.05, 0.1) is 29.5 Å². The molecule has 1 aromatic heterocycles. The van der Waals surface area contributed by atoms with Crippen molar-refractivity contribution in [3.63, 3.8) is 0 Å². The van der Waals surface area contributed by atoms with Crippen LogP contribution in [0.2, 0.25) is 0 Å². The normalized spacial score (nSPS) is 23.2. The number of alkyl halides is 3. The molecular formula is C22H24F3N5O2. The van der Waals surface area contributed by atoms with Crippen LogP contribution in [0.5, 0.6) is 0 Å². The smallest absolute Gasteiger partial charge is 0.396 e. The number of halogens is 3. The molecule has 2 aromatic rings. The SMILES string of the molecule is Cc1ccn(CC(=O)N2C[C@H]3CN(c4ccc(C#N)c(C(F)(F)F)c4)CC[C@@]3(CO)C2)n1. The summed E-state index contributed by atoms with van der Waals surface area (Å²) in [5, 5.41) is 23.4. The highest BCUT2D eigenvalue weighted by Gasteiger charge is 2.50.